The van der Waals surface area contributed by atoms with Gasteiger partial charge in [0.05, 0.1) is 19.8 Å². The number of anilines is 1. The van der Waals surface area contributed by atoms with E-state index < -0.39 is 0 Å². The van der Waals surface area contributed by atoms with E-state index in [0.29, 0.717) is 12.2 Å². The summed E-state index contributed by atoms with van der Waals surface area (Å²) >= 11 is 0. The Balaban J connectivity index is 1.52. The first-order valence-electron chi connectivity index (χ1n) is 10.3. The Morgan fingerprint density at radius 2 is 1.80 bits per heavy atom. The monoisotopic (exact) mass is 405 g/mol. The third-order valence-corrected chi connectivity index (χ3v) is 6.36. The molecule has 3 fully saturated rings. The lowest BCUT2D eigenvalue weighted by atomic mass is 9.50. The second kappa shape index (κ2) is 7.00. The lowest BCUT2D eigenvalue weighted by Crippen LogP contribution is -2.60. The van der Waals surface area contributed by atoms with Crippen LogP contribution in [-0.2, 0) is 12.0 Å². The van der Waals surface area contributed by atoms with Gasteiger partial charge in [0.15, 0.2) is 17.3 Å². The van der Waals surface area contributed by atoms with E-state index in [1.54, 1.807) is 14.2 Å². The highest BCUT2D eigenvalue weighted by Gasteiger charge is 2.59. The van der Waals surface area contributed by atoms with Crippen molar-refractivity contribution < 1.29 is 9.47 Å². The Labute approximate surface area is 176 Å². The summed E-state index contributed by atoms with van der Waals surface area (Å²) < 4.78 is 13.0. The molecule has 3 aliphatic carbocycles. The molecule has 6 rings (SSSR count). The molecule has 3 aromatic rings. The number of pyridine rings is 1. The molecule has 156 valence electrons. The Kier molecular flexibility index (Phi) is 4.41. The minimum absolute atomic E-state index is 0.154. The first-order chi connectivity index (χ1) is 14.5. The lowest BCUT2D eigenvalue weighted by Gasteiger charge is -2.61. The summed E-state index contributed by atoms with van der Waals surface area (Å²) in [6.45, 7) is 0. The van der Waals surface area contributed by atoms with Crippen LogP contribution in [0, 0.1) is 5.92 Å². The first-order valence-corrected chi connectivity index (χ1v) is 10.3. The van der Waals surface area contributed by atoms with Crippen molar-refractivity contribution in [3.8, 4) is 23.0 Å². The number of methoxy groups -OCH3 is 2. The van der Waals surface area contributed by atoms with Crippen molar-refractivity contribution in [2.75, 3.05) is 33.2 Å². The Morgan fingerprint density at radius 1 is 1.03 bits per heavy atom. The van der Waals surface area contributed by atoms with Gasteiger partial charge in [-0.3, -0.25) is 0 Å². The zero-order valence-corrected chi connectivity index (χ0v) is 17.9. The van der Waals surface area contributed by atoms with Gasteiger partial charge in [-0.1, -0.05) is 12.1 Å². The summed E-state index contributed by atoms with van der Waals surface area (Å²) in [6.07, 6.45) is 4.31. The van der Waals surface area contributed by atoms with Gasteiger partial charge in [-0.2, -0.15) is 0 Å². The maximum Gasteiger partial charge on any atom is 0.200 e. The molecular weight excluding hydrogens is 378 g/mol. The van der Waals surface area contributed by atoms with Gasteiger partial charge in [-0.05, 0) is 55.0 Å². The molecule has 7 heteroatoms. The van der Waals surface area contributed by atoms with Gasteiger partial charge < -0.3 is 14.4 Å². The number of hydrogen-bond donors (Lipinski definition) is 0. The van der Waals surface area contributed by atoms with Crippen LogP contribution in [-0.4, -0.2) is 48.1 Å². The van der Waals surface area contributed by atoms with Crippen LogP contribution in [0.4, 0.5) is 5.82 Å². The van der Waals surface area contributed by atoms with Crippen molar-refractivity contribution in [2.45, 2.75) is 31.2 Å². The highest BCUT2D eigenvalue weighted by molar-refractivity contribution is 5.54. The SMILES string of the molecule is COc1ccc(Cc2nc(-c3cccc(N(C)C)n3)nn2C23CC(C2)C3)cc1OC. The molecular formula is C23H27N5O2. The van der Waals surface area contributed by atoms with Crippen molar-refractivity contribution >= 4 is 5.82 Å². The topological polar surface area (TPSA) is 65.3 Å². The van der Waals surface area contributed by atoms with Gasteiger partial charge >= 0.3 is 0 Å². The molecule has 3 saturated carbocycles. The van der Waals surface area contributed by atoms with Crippen LogP contribution >= 0.6 is 0 Å². The summed E-state index contributed by atoms with van der Waals surface area (Å²) in [5.41, 5.74) is 2.08. The molecule has 2 heterocycles. The van der Waals surface area contributed by atoms with Crippen LogP contribution in [0.15, 0.2) is 36.4 Å². The summed E-state index contributed by atoms with van der Waals surface area (Å²) in [5, 5.41) is 4.95. The Morgan fingerprint density at radius 3 is 2.43 bits per heavy atom. The molecule has 1 aromatic carbocycles. The molecule has 0 radical (unpaired) electrons. The fraction of sp³-hybridized carbons (Fsp3) is 0.435. The van der Waals surface area contributed by atoms with Crippen molar-refractivity contribution in [1.82, 2.24) is 19.7 Å². The molecule has 2 aromatic heterocycles. The minimum atomic E-state index is 0.154. The molecule has 30 heavy (non-hydrogen) atoms. The van der Waals surface area contributed by atoms with Crippen molar-refractivity contribution in [1.29, 1.82) is 0 Å². The molecule has 7 nitrogen and oxygen atoms in total. The van der Waals surface area contributed by atoms with E-state index in [0.717, 1.165) is 40.3 Å². The van der Waals surface area contributed by atoms with Crippen LogP contribution < -0.4 is 14.4 Å². The van der Waals surface area contributed by atoms with Gasteiger partial charge in [-0.25, -0.2) is 14.6 Å². The summed E-state index contributed by atoms with van der Waals surface area (Å²) in [5.74, 6) is 4.89. The van der Waals surface area contributed by atoms with Crippen LogP contribution in [0.1, 0.15) is 30.7 Å². The van der Waals surface area contributed by atoms with E-state index in [1.165, 1.54) is 19.3 Å². The molecule has 0 amide bonds. The van der Waals surface area contributed by atoms with Crippen LogP contribution in [0.2, 0.25) is 0 Å². The van der Waals surface area contributed by atoms with Gasteiger partial charge in [0.25, 0.3) is 0 Å². The van der Waals surface area contributed by atoms with Crippen molar-refractivity contribution in [2.24, 2.45) is 5.92 Å². The molecule has 0 unspecified atom stereocenters. The third kappa shape index (κ3) is 3.00. The summed E-state index contributed by atoms with van der Waals surface area (Å²) in [7, 11) is 7.29. The maximum atomic E-state index is 5.48. The number of ether oxygens (including phenoxy) is 2. The molecule has 0 spiro atoms. The summed E-state index contributed by atoms with van der Waals surface area (Å²) in [4.78, 5) is 11.7. The zero-order valence-electron chi connectivity index (χ0n) is 17.9. The molecule has 3 aliphatic rings. The van der Waals surface area contributed by atoms with Gasteiger partial charge in [0.1, 0.15) is 17.3 Å². The number of benzene rings is 1. The number of rotatable bonds is 7. The second-order valence-electron chi connectivity index (χ2n) is 8.61. The zero-order chi connectivity index (χ0) is 20.9. The van der Waals surface area contributed by atoms with Gasteiger partial charge in [0, 0.05) is 20.5 Å². The molecule has 0 saturated heterocycles. The predicted octanol–water partition coefficient (Wildman–Crippen LogP) is 3.52. The number of nitrogens with zero attached hydrogens (tertiary/aromatic N) is 5. The molecule has 2 bridgehead atoms. The molecule has 0 aliphatic heterocycles. The number of hydrogen-bond acceptors (Lipinski definition) is 6. The molecule has 0 N–H and O–H groups in total. The first kappa shape index (κ1) is 18.9. The van der Waals surface area contributed by atoms with Crippen molar-refractivity contribution in [3.63, 3.8) is 0 Å². The van der Waals surface area contributed by atoms with Crippen LogP contribution in [0.25, 0.3) is 11.5 Å². The predicted molar refractivity (Wildman–Crippen MR) is 115 cm³/mol. The number of aromatic nitrogens is 4. The fourth-order valence-electron chi connectivity index (χ4n) is 4.61. The standard InChI is InChI=1S/C23H27N5O2/c1-27(2)20-7-5-6-17(24-20)22-25-21(28(26-22)23-12-16(13-23)14-23)11-15-8-9-18(29-3)19(10-15)30-4/h5-10,16H,11-14H2,1-4H3. The minimum Gasteiger partial charge on any atom is -0.493 e. The average molecular weight is 406 g/mol. The molecule has 0 atom stereocenters. The average Bonchev–Trinajstić information content (AvgIpc) is 3.09. The Bertz CT molecular complexity index is 1070. The third-order valence-electron chi connectivity index (χ3n) is 6.36. The van der Waals surface area contributed by atoms with E-state index in [1.807, 2.05) is 49.3 Å². The highest BCUT2D eigenvalue weighted by atomic mass is 16.5. The van der Waals surface area contributed by atoms with Gasteiger partial charge in [0.2, 0.25) is 0 Å². The fourth-order valence-corrected chi connectivity index (χ4v) is 4.61. The van der Waals surface area contributed by atoms with E-state index in [4.69, 9.17) is 24.5 Å². The highest BCUT2D eigenvalue weighted by Crippen LogP contribution is 2.62. The largest absolute Gasteiger partial charge is 0.493 e. The van der Waals surface area contributed by atoms with Crippen molar-refractivity contribution in [3.05, 3.63) is 47.8 Å². The normalized spacial score (nSPS) is 21.5. The maximum absolute atomic E-state index is 5.48. The second-order valence-corrected chi connectivity index (χ2v) is 8.61. The quantitative estimate of drug-likeness (QED) is 0.599. The smallest absolute Gasteiger partial charge is 0.200 e. The van der Waals surface area contributed by atoms with Gasteiger partial charge in [-0.15, -0.1) is 5.10 Å². The van der Waals surface area contributed by atoms with E-state index in [9.17, 15) is 0 Å². The van der Waals surface area contributed by atoms with Crippen LogP contribution in [0.3, 0.4) is 0 Å². The lowest BCUT2D eigenvalue weighted by molar-refractivity contribution is -0.0996. The van der Waals surface area contributed by atoms with E-state index in [-0.39, 0.29) is 5.54 Å². The van der Waals surface area contributed by atoms with E-state index in [2.05, 4.69) is 10.7 Å². The summed E-state index contributed by atoms with van der Waals surface area (Å²) in [6, 6.07) is 12.0. The van der Waals surface area contributed by atoms with Crippen LogP contribution in [0.5, 0.6) is 11.5 Å². The van der Waals surface area contributed by atoms with E-state index >= 15 is 0 Å². The Hall–Kier alpha value is -3.09.